The molecule has 5 nitrogen and oxygen atoms in total. The summed E-state index contributed by atoms with van der Waals surface area (Å²) in [5.74, 6) is 0.831. The van der Waals surface area contributed by atoms with Crippen LogP contribution in [0.5, 0.6) is 0 Å². The molecule has 2 aromatic heterocycles. The fourth-order valence-electron chi connectivity index (χ4n) is 2.78. The molecular formula is C15H20N4OS. The molecule has 1 aliphatic rings. The minimum Gasteiger partial charge on any atom is -0.395 e. The summed E-state index contributed by atoms with van der Waals surface area (Å²) in [7, 11) is 0. The van der Waals surface area contributed by atoms with Gasteiger partial charge in [0.15, 0.2) is 5.13 Å². The summed E-state index contributed by atoms with van der Waals surface area (Å²) in [4.78, 5) is 11.4. The van der Waals surface area contributed by atoms with Crippen LogP contribution in [-0.4, -0.2) is 39.7 Å². The molecule has 6 heteroatoms. The van der Waals surface area contributed by atoms with E-state index in [0.29, 0.717) is 6.04 Å². The fraction of sp³-hybridized carbons (Fsp3) is 0.467. The molecule has 21 heavy (non-hydrogen) atoms. The number of anilines is 2. The van der Waals surface area contributed by atoms with Crippen molar-refractivity contribution in [3.8, 4) is 0 Å². The second-order valence-electron chi connectivity index (χ2n) is 5.28. The van der Waals surface area contributed by atoms with Crippen molar-refractivity contribution in [3.05, 3.63) is 35.0 Å². The average molecular weight is 304 g/mol. The van der Waals surface area contributed by atoms with Crippen LogP contribution in [0.4, 0.5) is 10.9 Å². The lowest BCUT2D eigenvalue weighted by molar-refractivity contribution is 0.184. The number of nitrogens with zero attached hydrogens (tertiary/aromatic N) is 3. The van der Waals surface area contributed by atoms with E-state index in [2.05, 4.69) is 21.3 Å². The van der Waals surface area contributed by atoms with Gasteiger partial charge in [-0.25, -0.2) is 9.97 Å². The number of aliphatic hydroxyl groups excluding tert-OH is 1. The molecule has 0 unspecified atom stereocenters. The van der Waals surface area contributed by atoms with Crippen molar-refractivity contribution in [1.82, 2.24) is 14.9 Å². The third-order valence-electron chi connectivity index (χ3n) is 3.72. The Labute approximate surface area is 128 Å². The first-order valence-electron chi connectivity index (χ1n) is 7.27. The van der Waals surface area contributed by atoms with Gasteiger partial charge in [0.2, 0.25) is 0 Å². The quantitative estimate of drug-likeness (QED) is 0.889. The summed E-state index contributed by atoms with van der Waals surface area (Å²) in [6, 6.07) is 6.38. The number of rotatable bonds is 5. The van der Waals surface area contributed by atoms with E-state index in [4.69, 9.17) is 10.1 Å². The first kappa shape index (κ1) is 14.4. The van der Waals surface area contributed by atoms with Crippen molar-refractivity contribution < 1.29 is 5.11 Å². The van der Waals surface area contributed by atoms with Crippen molar-refractivity contribution in [1.29, 1.82) is 0 Å². The summed E-state index contributed by atoms with van der Waals surface area (Å²) < 4.78 is 0. The van der Waals surface area contributed by atoms with Crippen LogP contribution < -0.4 is 5.32 Å². The van der Waals surface area contributed by atoms with Gasteiger partial charge in [-0.2, -0.15) is 0 Å². The lowest BCUT2D eigenvalue weighted by Gasteiger charge is -2.23. The standard InChI is InChI=1S/C15H20N4OS/c1-11-10-21-15(16-11)18-14-6-2-4-12(17-14)13-5-3-7-19(13)8-9-20/h2,4,6,10,13,20H,3,5,7-9H2,1H3,(H,16,17,18)/t13-/m0/s1. The van der Waals surface area contributed by atoms with Gasteiger partial charge in [0.25, 0.3) is 0 Å². The Bertz CT molecular complexity index is 601. The highest BCUT2D eigenvalue weighted by Gasteiger charge is 2.26. The monoisotopic (exact) mass is 304 g/mol. The van der Waals surface area contributed by atoms with Crippen LogP contribution in [0.2, 0.25) is 0 Å². The topological polar surface area (TPSA) is 61.3 Å². The van der Waals surface area contributed by atoms with Crippen LogP contribution in [0, 0.1) is 6.92 Å². The SMILES string of the molecule is Cc1csc(Nc2cccc([C@@H]3CCCN3CCO)n2)n1. The van der Waals surface area contributed by atoms with Crippen LogP contribution >= 0.6 is 11.3 Å². The highest BCUT2D eigenvalue weighted by Crippen LogP contribution is 2.31. The number of hydrogen-bond acceptors (Lipinski definition) is 6. The number of likely N-dealkylation sites (tertiary alicyclic amines) is 1. The molecule has 0 bridgehead atoms. The van der Waals surface area contributed by atoms with E-state index in [-0.39, 0.29) is 6.61 Å². The van der Waals surface area contributed by atoms with Gasteiger partial charge in [-0.3, -0.25) is 4.90 Å². The van der Waals surface area contributed by atoms with Crippen molar-refractivity contribution >= 4 is 22.3 Å². The van der Waals surface area contributed by atoms with Crippen LogP contribution in [-0.2, 0) is 0 Å². The smallest absolute Gasteiger partial charge is 0.188 e. The minimum absolute atomic E-state index is 0.201. The second kappa shape index (κ2) is 6.51. The molecule has 0 aromatic carbocycles. The molecule has 1 aliphatic heterocycles. The summed E-state index contributed by atoms with van der Waals surface area (Å²) in [5, 5.41) is 15.3. The van der Waals surface area contributed by atoms with Gasteiger partial charge in [-0.15, -0.1) is 11.3 Å². The van der Waals surface area contributed by atoms with Crippen LogP contribution in [0.15, 0.2) is 23.6 Å². The van der Waals surface area contributed by atoms with Crippen molar-refractivity contribution in [2.75, 3.05) is 25.0 Å². The Kier molecular flexibility index (Phi) is 4.48. The molecule has 1 atom stereocenters. The summed E-state index contributed by atoms with van der Waals surface area (Å²) in [6.45, 7) is 3.94. The molecular weight excluding hydrogens is 284 g/mol. The summed E-state index contributed by atoms with van der Waals surface area (Å²) in [6.07, 6.45) is 2.27. The fourth-order valence-corrected chi connectivity index (χ4v) is 3.48. The first-order valence-corrected chi connectivity index (χ1v) is 8.15. The highest BCUT2D eigenvalue weighted by molar-refractivity contribution is 7.13. The number of thiazole rings is 1. The van der Waals surface area contributed by atoms with Gasteiger partial charge >= 0.3 is 0 Å². The molecule has 1 fully saturated rings. The Balaban J connectivity index is 1.76. The van der Waals surface area contributed by atoms with E-state index in [1.165, 1.54) is 0 Å². The molecule has 2 N–H and O–H groups in total. The normalized spacial score (nSPS) is 19.0. The zero-order chi connectivity index (χ0) is 14.7. The minimum atomic E-state index is 0.201. The number of nitrogens with one attached hydrogen (secondary N) is 1. The molecule has 1 saturated heterocycles. The number of aliphatic hydroxyl groups is 1. The van der Waals surface area contributed by atoms with E-state index < -0.39 is 0 Å². The Morgan fingerprint density at radius 1 is 1.43 bits per heavy atom. The Hall–Kier alpha value is -1.50. The van der Waals surface area contributed by atoms with Crippen molar-refractivity contribution in [2.45, 2.75) is 25.8 Å². The van der Waals surface area contributed by atoms with Crippen molar-refractivity contribution in [3.63, 3.8) is 0 Å². The number of pyridine rings is 1. The summed E-state index contributed by atoms with van der Waals surface area (Å²) in [5.41, 5.74) is 2.09. The van der Waals surface area contributed by atoms with E-state index in [1.807, 2.05) is 24.4 Å². The Morgan fingerprint density at radius 3 is 3.10 bits per heavy atom. The van der Waals surface area contributed by atoms with Gasteiger partial charge in [0, 0.05) is 11.9 Å². The predicted octanol–water partition coefficient (Wildman–Crippen LogP) is 2.72. The average Bonchev–Trinajstić information content (AvgIpc) is 3.09. The molecule has 2 aromatic rings. The number of aryl methyl sites for hydroxylation is 1. The van der Waals surface area contributed by atoms with E-state index in [9.17, 15) is 0 Å². The van der Waals surface area contributed by atoms with Gasteiger partial charge < -0.3 is 10.4 Å². The third kappa shape index (κ3) is 3.40. The molecule has 3 heterocycles. The maximum Gasteiger partial charge on any atom is 0.188 e. The molecule has 0 spiro atoms. The predicted molar refractivity (Wildman–Crippen MR) is 85.0 cm³/mol. The van der Waals surface area contributed by atoms with Gasteiger partial charge in [0.05, 0.1) is 24.0 Å². The lowest BCUT2D eigenvalue weighted by atomic mass is 10.1. The largest absolute Gasteiger partial charge is 0.395 e. The molecule has 112 valence electrons. The first-order chi connectivity index (χ1) is 10.3. The lowest BCUT2D eigenvalue weighted by Crippen LogP contribution is -2.27. The Morgan fingerprint density at radius 2 is 2.33 bits per heavy atom. The van der Waals surface area contributed by atoms with Crippen LogP contribution in [0.3, 0.4) is 0 Å². The summed E-state index contributed by atoms with van der Waals surface area (Å²) >= 11 is 1.59. The molecule has 0 aliphatic carbocycles. The number of β-amino-alcohol motifs (C(OH)–C–C–N with tert-alkyl or cyclic N) is 1. The highest BCUT2D eigenvalue weighted by atomic mass is 32.1. The molecule has 3 rings (SSSR count). The zero-order valence-corrected chi connectivity index (χ0v) is 12.9. The maximum absolute atomic E-state index is 9.16. The van der Waals surface area contributed by atoms with Gasteiger partial charge in [-0.05, 0) is 38.4 Å². The van der Waals surface area contributed by atoms with E-state index >= 15 is 0 Å². The zero-order valence-electron chi connectivity index (χ0n) is 12.1. The van der Waals surface area contributed by atoms with Crippen molar-refractivity contribution in [2.24, 2.45) is 0 Å². The number of hydrogen-bond donors (Lipinski definition) is 2. The third-order valence-corrected chi connectivity index (χ3v) is 4.59. The second-order valence-corrected chi connectivity index (χ2v) is 6.14. The van der Waals surface area contributed by atoms with Crippen LogP contribution in [0.1, 0.15) is 30.3 Å². The van der Waals surface area contributed by atoms with E-state index in [1.54, 1.807) is 11.3 Å². The molecule has 0 amide bonds. The van der Waals surface area contributed by atoms with E-state index in [0.717, 1.165) is 48.3 Å². The van der Waals surface area contributed by atoms with Gasteiger partial charge in [-0.1, -0.05) is 6.07 Å². The van der Waals surface area contributed by atoms with Gasteiger partial charge in [0.1, 0.15) is 5.82 Å². The molecule has 0 radical (unpaired) electrons. The molecule has 0 saturated carbocycles. The maximum atomic E-state index is 9.16. The van der Waals surface area contributed by atoms with Crippen LogP contribution in [0.25, 0.3) is 0 Å². The number of aromatic nitrogens is 2.